The lowest BCUT2D eigenvalue weighted by atomic mass is 9.86. The van der Waals surface area contributed by atoms with E-state index in [9.17, 15) is 5.11 Å². The van der Waals surface area contributed by atoms with Gasteiger partial charge in [0.1, 0.15) is 0 Å². The second-order valence-corrected chi connectivity index (χ2v) is 4.43. The van der Waals surface area contributed by atoms with E-state index in [0.29, 0.717) is 22.8 Å². The zero-order chi connectivity index (χ0) is 7.84. The molecule has 60 valence electrons. The average Bonchev–Trinajstić information content (AvgIpc) is 2.34. The summed E-state index contributed by atoms with van der Waals surface area (Å²) in [5.41, 5.74) is 0. The first-order chi connectivity index (χ1) is 5.27. The van der Waals surface area contributed by atoms with Gasteiger partial charge in [0.25, 0.3) is 0 Å². The van der Waals surface area contributed by atoms with Crippen LogP contribution in [0.1, 0.15) is 13.3 Å². The molecule has 2 rings (SSSR count). The molecule has 0 spiro atoms. The van der Waals surface area contributed by atoms with E-state index in [1.54, 1.807) is 0 Å². The third-order valence-electron chi connectivity index (χ3n) is 2.39. The van der Waals surface area contributed by atoms with Crippen molar-refractivity contribution in [3.8, 4) is 0 Å². The van der Waals surface area contributed by atoms with Crippen molar-refractivity contribution in [2.24, 2.45) is 11.8 Å². The highest BCUT2D eigenvalue weighted by Gasteiger charge is 2.31. The van der Waals surface area contributed by atoms with Crippen molar-refractivity contribution >= 4 is 11.8 Å². The predicted octanol–water partition coefficient (Wildman–Crippen LogP) is 2.71. The molecule has 0 saturated heterocycles. The molecular weight excluding hydrogens is 156 g/mol. The zero-order valence-corrected chi connectivity index (χ0v) is 7.34. The summed E-state index contributed by atoms with van der Waals surface area (Å²) in [5.74, 6) is 1.68. The topological polar surface area (TPSA) is 20.2 Å². The maximum atomic E-state index is 9.34. The molecule has 1 nitrogen and oxygen atoms in total. The molecule has 3 atom stereocenters. The summed E-state index contributed by atoms with van der Waals surface area (Å²) in [5, 5.41) is 12.2. The predicted molar refractivity (Wildman–Crippen MR) is 48.5 cm³/mol. The first-order valence-electron chi connectivity index (χ1n) is 3.99. The van der Waals surface area contributed by atoms with Crippen molar-refractivity contribution < 1.29 is 5.11 Å². The summed E-state index contributed by atoms with van der Waals surface area (Å²) in [6, 6.07) is 0. The van der Waals surface area contributed by atoms with Gasteiger partial charge in [-0.2, -0.15) is 0 Å². The van der Waals surface area contributed by atoms with Crippen LogP contribution >= 0.6 is 11.8 Å². The third-order valence-corrected chi connectivity index (χ3v) is 3.80. The Hall–Kier alpha value is -0.370. The van der Waals surface area contributed by atoms with Crippen molar-refractivity contribution in [3.05, 3.63) is 23.3 Å². The summed E-state index contributed by atoms with van der Waals surface area (Å²) in [6.45, 7) is 2.21. The molecular formula is C9H12OS. The van der Waals surface area contributed by atoms with Gasteiger partial charge < -0.3 is 5.11 Å². The van der Waals surface area contributed by atoms with Crippen LogP contribution in [0, 0.1) is 11.8 Å². The molecule has 1 aliphatic carbocycles. The molecule has 1 N–H and O–H groups in total. The fourth-order valence-electron chi connectivity index (χ4n) is 1.83. The van der Waals surface area contributed by atoms with E-state index in [4.69, 9.17) is 0 Å². The molecule has 0 radical (unpaired) electrons. The fourth-order valence-corrected chi connectivity index (χ4v) is 3.00. The molecule has 2 aliphatic rings. The average molecular weight is 168 g/mol. The Bertz CT molecular complexity index is 220. The molecule has 0 aromatic heterocycles. The van der Waals surface area contributed by atoms with Crippen molar-refractivity contribution in [3.63, 3.8) is 0 Å². The molecule has 2 unspecified atom stereocenters. The maximum Gasteiger partial charge on any atom is 0.0892 e. The van der Waals surface area contributed by atoms with Crippen LogP contribution in [0.3, 0.4) is 0 Å². The molecule has 11 heavy (non-hydrogen) atoms. The number of aliphatic hydroxyl groups excluding tert-OH is 1. The Balaban J connectivity index is 2.23. The van der Waals surface area contributed by atoms with E-state index >= 15 is 0 Å². The lowest BCUT2D eigenvalue weighted by Gasteiger charge is -2.27. The van der Waals surface area contributed by atoms with Gasteiger partial charge in [0, 0.05) is 17.6 Å². The van der Waals surface area contributed by atoms with E-state index in [1.165, 1.54) is 0 Å². The Kier molecular flexibility index (Phi) is 1.72. The normalized spacial score (nSPS) is 41.9. The van der Waals surface area contributed by atoms with E-state index in [2.05, 4.69) is 18.4 Å². The minimum absolute atomic E-state index is 0.490. The Morgan fingerprint density at radius 1 is 1.64 bits per heavy atom. The van der Waals surface area contributed by atoms with Gasteiger partial charge in [-0.1, -0.05) is 13.0 Å². The van der Waals surface area contributed by atoms with Crippen LogP contribution in [0.4, 0.5) is 0 Å². The number of rotatable bonds is 0. The van der Waals surface area contributed by atoms with E-state index in [1.807, 2.05) is 17.8 Å². The first kappa shape index (κ1) is 7.29. The summed E-state index contributed by atoms with van der Waals surface area (Å²) < 4.78 is 0. The van der Waals surface area contributed by atoms with E-state index in [-0.39, 0.29) is 0 Å². The van der Waals surface area contributed by atoms with Crippen LogP contribution in [0.2, 0.25) is 0 Å². The van der Waals surface area contributed by atoms with Crippen molar-refractivity contribution in [2.75, 3.05) is 0 Å². The summed E-state index contributed by atoms with van der Waals surface area (Å²) >= 11 is 1.90. The third kappa shape index (κ3) is 1.20. The van der Waals surface area contributed by atoms with Crippen LogP contribution in [-0.4, -0.2) is 10.4 Å². The van der Waals surface area contributed by atoms with Crippen LogP contribution in [0.5, 0.6) is 0 Å². The maximum absolute atomic E-state index is 9.34. The fraction of sp³-hybridized carbons (Fsp3) is 0.556. The number of thioether (sulfide) groups is 1. The molecule has 0 amide bonds. The van der Waals surface area contributed by atoms with E-state index < -0.39 is 0 Å². The number of hydrogen-bond acceptors (Lipinski definition) is 2. The number of allylic oxidation sites excluding steroid dienone is 3. The molecule has 0 bridgehead atoms. The van der Waals surface area contributed by atoms with Crippen LogP contribution in [0.25, 0.3) is 0 Å². The van der Waals surface area contributed by atoms with Gasteiger partial charge >= 0.3 is 0 Å². The van der Waals surface area contributed by atoms with Crippen LogP contribution < -0.4 is 0 Å². The Morgan fingerprint density at radius 2 is 2.45 bits per heavy atom. The summed E-state index contributed by atoms with van der Waals surface area (Å²) in [7, 11) is 0. The molecule has 0 aromatic carbocycles. The van der Waals surface area contributed by atoms with Gasteiger partial charge in [0.15, 0.2) is 0 Å². The zero-order valence-electron chi connectivity index (χ0n) is 6.53. The molecule has 0 aromatic rings. The van der Waals surface area contributed by atoms with Gasteiger partial charge in [-0.3, -0.25) is 0 Å². The highest BCUT2D eigenvalue weighted by atomic mass is 32.2. The van der Waals surface area contributed by atoms with Crippen molar-refractivity contribution in [2.45, 2.75) is 18.6 Å². The van der Waals surface area contributed by atoms with Gasteiger partial charge in [0.2, 0.25) is 0 Å². The minimum atomic E-state index is 0.490. The molecule has 0 fully saturated rings. The second-order valence-electron chi connectivity index (χ2n) is 3.35. The largest absolute Gasteiger partial charge is 0.513 e. The number of hydrogen-bond donors (Lipinski definition) is 1. The van der Waals surface area contributed by atoms with Gasteiger partial charge in [-0.25, -0.2) is 0 Å². The second kappa shape index (κ2) is 2.59. The molecule has 2 heteroatoms. The Labute approximate surface area is 71.2 Å². The summed E-state index contributed by atoms with van der Waals surface area (Å²) in [6.07, 6.45) is 5.03. The Morgan fingerprint density at radius 3 is 3.27 bits per heavy atom. The standard InChI is InChI=1S/C9H12OS/c1-6-4-8(10)5-7-2-3-11-9(6)7/h2-3,5-7,9-10H,4H2,1H3/t6?,7?,9-/m0/s1. The smallest absolute Gasteiger partial charge is 0.0892 e. The minimum Gasteiger partial charge on any atom is -0.513 e. The summed E-state index contributed by atoms with van der Waals surface area (Å²) in [4.78, 5) is 0. The number of fused-ring (bicyclic) bond motifs is 1. The monoisotopic (exact) mass is 168 g/mol. The van der Waals surface area contributed by atoms with Crippen LogP contribution in [0.15, 0.2) is 23.3 Å². The van der Waals surface area contributed by atoms with Gasteiger partial charge in [0.05, 0.1) is 5.76 Å². The van der Waals surface area contributed by atoms with Crippen LogP contribution in [-0.2, 0) is 0 Å². The highest BCUT2D eigenvalue weighted by Crippen LogP contribution is 2.41. The quantitative estimate of drug-likeness (QED) is 0.600. The first-order valence-corrected chi connectivity index (χ1v) is 4.93. The van der Waals surface area contributed by atoms with Crippen molar-refractivity contribution in [1.29, 1.82) is 0 Å². The lowest BCUT2D eigenvalue weighted by Crippen LogP contribution is -2.23. The molecule has 1 aliphatic heterocycles. The van der Waals surface area contributed by atoms with Gasteiger partial charge in [-0.05, 0) is 17.4 Å². The van der Waals surface area contributed by atoms with Crippen molar-refractivity contribution in [1.82, 2.24) is 0 Å². The SMILES string of the molecule is CC1CC(O)=CC2C=CS[C@H]21. The molecule has 0 saturated carbocycles. The molecule has 1 heterocycles. The van der Waals surface area contributed by atoms with E-state index in [0.717, 1.165) is 6.42 Å². The number of aliphatic hydroxyl groups is 1. The highest BCUT2D eigenvalue weighted by molar-refractivity contribution is 8.03. The van der Waals surface area contributed by atoms with Gasteiger partial charge in [-0.15, -0.1) is 11.8 Å². The lowest BCUT2D eigenvalue weighted by molar-refractivity contribution is 0.323.